The number of alkyl halides is 1. The number of hydrogen-bond acceptors (Lipinski definition) is 3. The molecule has 3 N–H and O–H groups in total. The minimum absolute atomic E-state index is 0. The predicted octanol–water partition coefficient (Wildman–Crippen LogP) is 2.02. The van der Waals surface area contributed by atoms with Gasteiger partial charge >= 0.3 is 0 Å². The zero-order valence-corrected chi connectivity index (χ0v) is 12.6. The van der Waals surface area contributed by atoms with Crippen molar-refractivity contribution in [1.82, 2.24) is 0 Å². The van der Waals surface area contributed by atoms with E-state index in [1.54, 1.807) is 32.4 Å². The van der Waals surface area contributed by atoms with Gasteiger partial charge in [0.2, 0.25) is 0 Å². The van der Waals surface area contributed by atoms with E-state index >= 15 is 0 Å². The van der Waals surface area contributed by atoms with Crippen LogP contribution in [0.15, 0.2) is 23.2 Å². The number of benzene rings is 1. The third-order valence-electron chi connectivity index (χ3n) is 2.04. The Bertz CT molecular complexity index is 402. The summed E-state index contributed by atoms with van der Waals surface area (Å²) in [5.74, 6) is 1.39. The van der Waals surface area contributed by atoms with Crippen molar-refractivity contribution in [3.8, 4) is 11.5 Å². The highest BCUT2D eigenvalue weighted by Crippen LogP contribution is 2.28. The summed E-state index contributed by atoms with van der Waals surface area (Å²) in [5, 5.41) is 2.83. The number of rotatable bonds is 5. The quantitative estimate of drug-likeness (QED) is 0.474. The predicted molar refractivity (Wildman–Crippen MR) is 81.0 cm³/mol. The van der Waals surface area contributed by atoms with Crippen LogP contribution in [0.25, 0.3) is 0 Å². The van der Waals surface area contributed by atoms with Gasteiger partial charge in [-0.25, -0.2) is 4.39 Å². The summed E-state index contributed by atoms with van der Waals surface area (Å²) in [7, 11) is 3.11. The Labute approximate surface area is 123 Å². The van der Waals surface area contributed by atoms with Crippen molar-refractivity contribution in [1.29, 1.82) is 0 Å². The zero-order chi connectivity index (χ0) is 12.7. The van der Waals surface area contributed by atoms with E-state index in [0.717, 1.165) is 0 Å². The molecule has 0 bridgehead atoms. The minimum Gasteiger partial charge on any atom is -0.497 e. The Morgan fingerprint density at radius 1 is 1.39 bits per heavy atom. The van der Waals surface area contributed by atoms with Crippen LogP contribution in [0.2, 0.25) is 0 Å². The van der Waals surface area contributed by atoms with Crippen LogP contribution < -0.4 is 20.5 Å². The minimum atomic E-state index is -0.544. The van der Waals surface area contributed by atoms with Gasteiger partial charge in [-0.3, -0.25) is 4.99 Å². The number of aliphatic imine (C=N–C) groups is 1. The van der Waals surface area contributed by atoms with Gasteiger partial charge in [0.25, 0.3) is 0 Å². The molecule has 0 saturated heterocycles. The van der Waals surface area contributed by atoms with Crippen molar-refractivity contribution in [2.24, 2.45) is 10.7 Å². The molecule has 0 spiro atoms. The molecule has 0 aliphatic carbocycles. The number of hydrogen-bond donors (Lipinski definition) is 2. The number of halogens is 2. The number of guanidine groups is 1. The summed E-state index contributed by atoms with van der Waals surface area (Å²) in [6.45, 7) is -0.511. The van der Waals surface area contributed by atoms with Crippen LogP contribution in [-0.2, 0) is 0 Å². The molecule has 0 aliphatic rings. The zero-order valence-electron chi connectivity index (χ0n) is 10.3. The lowest BCUT2D eigenvalue weighted by Gasteiger charge is -2.11. The van der Waals surface area contributed by atoms with Gasteiger partial charge in [-0.15, -0.1) is 24.0 Å². The average Bonchev–Trinajstić information content (AvgIpc) is 2.36. The van der Waals surface area contributed by atoms with Gasteiger partial charge in [0, 0.05) is 6.07 Å². The highest BCUT2D eigenvalue weighted by Gasteiger charge is 2.05. The standard InChI is InChI=1S/C11H16FN3O2.HI/c1-16-8-3-4-10(17-2)9(7-8)15-11(13)14-6-5-12;/h3-4,7H,5-6H2,1-2H3,(H3,13,14,15);1H. The molecule has 0 saturated carbocycles. The summed E-state index contributed by atoms with van der Waals surface area (Å²) in [6.07, 6.45) is 0. The molecule has 0 aromatic heterocycles. The molecule has 0 radical (unpaired) electrons. The first kappa shape index (κ1) is 16.8. The number of nitrogens with one attached hydrogen (secondary N) is 1. The van der Waals surface area contributed by atoms with E-state index in [0.29, 0.717) is 17.2 Å². The second kappa shape index (κ2) is 8.78. The topological polar surface area (TPSA) is 68.9 Å². The van der Waals surface area contributed by atoms with Crippen LogP contribution in [0.1, 0.15) is 0 Å². The molecule has 0 aliphatic heterocycles. The van der Waals surface area contributed by atoms with Gasteiger partial charge in [-0.2, -0.15) is 0 Å². The van der Waals surface area contributed by atoms with E-state index in [1.807, 2.05) is 0 Å². The summed E-state index contributed by atoms with van der Waals surface area (Å²) in [4.78, 5) is 3.78. The maximum atomic E-state index is 11.9. The van der Waals surface area contributed by atoms with E-state index in [2.05, 4.69) is 10.3 Å². The molecular formula is C11H17FIN3O2. The van der Waals surface area contributed by atoms with E-state index in [9.17, 15) is 4.39 Å². The monoisotopic (exact) mass is 369 g/mol. The van der Waals surface area contributed by atoms with Gasteiger partial charge in [0.05, 0.1) is 26.5 Å². The largest absolute Gasteiger partial charge is 0.497 e. The highest BCUT2D eigenvalue weighted by atomic mass is 127. The molecule has 5 nitrogen and oxygen atoms in total. The molecular weight excluding hydrogens is 352 g/mol. The van der Waals surface area contributed by atoms with Crippen molar-refractivity contribution in [2.75, 3.05) is 32.8 Å². The van der Waals surface area contributed by atoms with Crippen molar-refractivity contribution in [3.05, 3.63) is 18.2 Å². The van der Waals surface area contributed by atoms with Crippen molar-refractivity contribution in [2.45, 2.75) is 0 Å². The maximum Gasteiger partial charge on any atom is 0.193 e. The molecule has 0 atom stereocenters. The van der Waals surface area contributed by atoms with E-state index < -0.39 is 6.67 Å². The summed E-state index contributed by atoms with van der Waals surface area (Å²) in [5.41, 5.74) is 6.20. The number of ether oxygens (including phenoxy) is 2. The smallest absolute Gasteiger partial charge is 0.193 e. The van der Waals surface area contributed by atoms with Crippen LogP contribution >= 0.6 is 24.0 Å². The fourth-order valence-corrected chi connectivity index (χ4v) is 1.25. The highest BCUT2D eigenvalue weighted by molar-refractivity contribution is 14.0. The number of anilines is 1. The van der Waals surface area contributed by atoms with E-state index in [4.69, 9.17) is 15.2 Å². The molecule has 102 valence electrons. The third-order valence-corrected chi connectivity index (χ3v) is 2.04. The molecule has 0 unspecified atom stereocenters. The molecule has 0 heterocycles. The SMILES string of the molecule is COc1ccc(OC)c(NC(N)=NCCF)c1.I. The average molecular weight is 369 g/mol. The summed E-state index contributed by atoms with van der Waals surface area (Å²) < 4.78 is 22.1. The van der Waals surface area contributed by atoms with E-state index in [1.165, 1.54) is 0 Å². The fourth-order valence-electron chi connectivity index (χ4n) is 1.25. The number of nitrogens with zero attached hydrogens (tertiary/aromatic N) is 1. The molecule has 1 aromatic rings. The van der Waals surface area contributed by atoms with Crippen molar-refractivity contribution in [3.63, 3.8) is 0 Å². The Hall–Kier alpha value is -1.25. The van der Waals surface area contributed by atoms with Gasteiger partial charge < -0.3 is 20.5 Å². The van der Waals surface area contributed by atoms with Crippen LogP contribution in [-0.4, -0.2) is 33.4 Å². The first-order valence-corrected chi connectivity index (χ1v) is 5.06. The second-order valence-corrected chi connectivity index (χ2v) is 3.15. The van der Waals surface area contributed by atoms with Gasteiger partial charge in [-0.05, 0) is 12.1 Å². The Balaban J connectivity index is 0.00000289. The first-order valence-electron chi connectivity index (χ1n) is 5.06. The van der Waals surface area contributed by atoms with Crippen molar-refractivity contribution < 1.29 is 13.9 Å². The Morgan fingerprint density at radius 3 is 2.67 bits per heavy atom. The first-order chi connectivity index (χ1) is 8.21. The molecule has 0 amide bonds. The van der Waals surface area contributed by atoms with E-state index in [-0.39, 0.29) is 36.5 Å². The maximum absolute atomic E-state index is 11.9. The Kier molecular flexibility index (Phi) is 8.17. The summed E-state index contributed by atoms with van der Waals surface area (Å²) >= 11 is 0. The van der Waals surface area contributed by atoms with Crippen LogP contribution in [0, 0.1) is 0 Å². The molecule has 18 heavy (non-hydrogen) atoms. The second-order valence-electron chi connectivity index (χ2n) is 3.15. The molecule has 0 fully saturated rings. The lowest BCUT2D eigenvalue weighted by atomic mass is 10.2. The van der Waals surface area contributed by atoms with Crippen LogP contribution in [0.5, 0.6) is 11.5 Å². The normalized spacial score (nSPS) is 10.5. The molecule has 1 aromatic carbocycles. The Morgan fingerprint density at radius 2 is 2.11 bits per heavy atom. The summed E-state index contributed by atoms with van der Waals surface area (Å²) in [6, 6.07) is 5.22. The number of nitrogens with two attached hydrogens (primary N) is 1. The van der Waals surface area contributed by atoms with Crippen LogP contribution in [0.3, 0.4) is 0 Å². The van der Waals surface area contributed by atoms with Gasteiger partial charge in [-0.1, -0.05) is 0 Å². The third kappa shape index (κ3) is 4.94. The number of methoxy groups -OCH3 is 2. The van der Waals surface area contributed by atoms with Gasteiger partial charge in [0.1, 0.15) is 18.2 Å². The van der Waals surface area contributed by atoms with Gasteiger partial charge in [0.15, 0.2) is 5.96 Å². The molecule has 1 rings (SSSR count). The lowest BCUT2D eigenvalue weighted by molar-refractivity contribution is 0.405. The lowest BCUT2D eigenvalue weighted by Crippen LogP contribution is -2.23. The van der Waals surface area contributed by atoms with Crippen molar-refractivity contribution >= 4 is 35.6 Å². The van der Waals surface area contributed by atoms with Crippen LogP contribution in [0.4, 0.5) is 10.1 Å². The fraction of sp³-hybridized carbons (Fsp3) is 0.364. The molecule has 7 heteroatoms.